The Kier molecular flexibility index (Phi) is 8.46. The van der Waals surface area contributed by atoms with Gasteiger partial charge in [-0.25, -0.2) is 0 Å². The molecule has 0 bridgehead atoms. The Balaban J connectivity index is 1.78. The highest BCUT2D eigenvalue weighted by Gasteiger charge is 2.28. The minimum absolute atomic E-state index is 0.0277. The van der Waals surface area contributed by atoms with Crippen LogP contribution in [0, 0.1) is 5.92 Å². The van der Waals surface area contributed by atoms with Crippen molar-refractivity contribution in [1.29, 1.82) is 0 Å². The number of likely N-dealkylation sites (tertiary alicyclic amines) is 1. The molecule has 2 atom stereocenters. The number of aromatic nitrogens is 2. The van der Waals surface area contributed by atoms with Crippen LogP contribution in [0.15, 0.2) is 23.8 Å². The summed E-state index contributed by atoms with van der Waals surface area (Å²) in [4.78, 5) is 25.8. The highest BCUT2D eigenvalue weighted by Crippen LogP contribution is 2.33. The topological polar surface area (TPSA) is 109 Å². The van der Waals surface area contributed by atoms with Crippen LogP contribution in [0.5, 0.6) is 0 Å². The van der Waals surface area contributed by atoms with Crippen molar-refractivity contribution in [3.8, 4) is 0 Å². The molecule has 3 heterocycles. The first-order valence-corrected chi connectivity index (χ1v) is 11.4. The summed E-state index contributed by atoms with van der Waals surface area (Å²) in [7, 11) is 1.65. The molecule has 32 heavy (non-hydrogen) atoms. The minimum Gasteiger partial charge on any atom is -0.383 e. The summed E-state index contributed by atoms with van der Waals surface area (Å²) in [5.74, 6) is 1.45. The Bertz CT molecular complexity index is 849. The lowest BCUT2D eigenvalue weighted by Crippen LogP contribution is -2.41. The first-order chi connectivity index (χ1) is 15.4. The number of nitrogens with two attached hydrogens (primary N) is 1. The lowest BCUT2D eigenvalue weighted by atomic mass is 10.1. The largest absolute Gasteiger partial charge is 0.383 e. The van der Waals surface area contributed by atoms with Gasteiger partial charge in [-0.15, -0.1) is 0 Å². The predicted molar refractivity (Wildman–Crippen MR) is 130 cm³/mol. The van der Waals surface area contributed by atoms with Crippen molar-refractivity contribution in [3.63, 3.8) is 0 Å². The molecule has 1 amide bonds. The molecule has 1 fully saturated rings. The van der Waals surface area contributed by atoms with Gasteiger partial charge in [-0.05, 0) is 51.3 Å². The zero-order valence-corrected chi connectivity index (χ0v) is 19.7. The molecule has 9 heteroatoms. The van der Waals surface area contributed by atoms with Crippen LogP contribution in [0.3, 0.4) is 0 Å². The van der Waals surface area contributed by atoms with Crippen LogP contribution in [-0.4, -0.2) is 73.3 Å². The maximum atomic E-state index is 12.3. The average Bonchev–Trinajstić information content (AvgIpc) is 3.22. The van der Waals surface area contributed by atoms with Gasteiger partial charge in [0.25, 0.3) is 0 Å². The van der Waals surface area contributed by atoms with E-state index in [1.807, 2.05) is 18.7 Å². The van der Waals surface area contributed by atoms with Crippen molar-refractivity contribution in [3.05, 3.63) is 23.8 Å². The summed E-state index contributed by atoms with van der Waals surface area (Å²) in [5.41, 5.74) is 7.96. The van der Waals surface area contributed by atoms with Gasteiger partial charge in [-0.2, -0.15) is 9.97 Å². The van der Waals surface area contributed by atoms with Crippen molar-refractivity contribution < 1.29 is 9.53 Å². The molecule has 176 valence electrons. The second-order valence-electron chi connectivity index (χ2n) is 8.76. The molecule has 4 N–H and O–H groups in total. The van der Waals surface area contributed by atoms with E-state index in [1.54, 1.807) is 7.11 Å². The van der Waals surface area contributed by atoms with Gasteiger partial charge in [-0.1, -0.05) is 25.2 Å². The third-order valence-corrected chi connectivity index (χ3v) is 5.60. The van der Waals surface area contributed by atoms with Crippen LogP contribution in [0.2, 0.25) is 0 Å². The Morgan fingerprint density at radius 2 is 2.06 bits per heavy atom. The summed E-state index contributed by atoms with van der Waals surface area (Å²) in [5, 5.41) is 6.05. The van der Waals surface area contributed by atoms with E-state index in [-0.39, 0.29) is 30.2 Å². The van der Waals surface area contributed by atoms with Gasteiger partial charge in [0, 0.05) is 26.2 Å². The van der Waals surface area contributed by atoms with Gasteiger partial charge in [0.15, 0.2) is 11.6 Å². The monoisotopic (exact) mass is 443 g/mol. The Hall–Kier alpha value is -2.65. The molecule has 0 aliphatic carbocycles. The Morgan fingerprint density at radius 3 is 2.75 bits per heavy atom. The van der Waals surface area contributed by atoms with Crippen LogP contribution in [0.4, 0.5) is 23.3 Å². The number of hydrogen-bond acceptors (Lipinski definition) is 8. The van der Waals surface area contributed by atoms with Gasteiger partial charge in [0.2, 0.25) is 11.9 Å². The fraction of sp³-hybridized carbons (Fsp3) is 0.609. The highest BCUT2D eigenvalue weighted by molar-refractivity contribution is 6.03. The number of amides is 1. The third kappa shape index (κ3) is 6.43. The fourth-order valence-electron chi connectivity index (χ4n) is 4.31. The third-order valence-electron chi connectivity index (χ3n) is 5.60. The van der Waals surface area contributed by atoms with Gasteiger partial charge in [0.05, 0.1) is 13.2 Å². The van der Waals surface area contributed by atoms with Crippen LogP contribution >= 0.6 is 0 Å². The molecule has 1 saturated heterocycles. The number of carbonyl (C=O) groups is 1. The number of rotatable bonds is 10. The quantitative estimate of drug-likeness (QED) is 0.473. The normalized spacial score (nSPS) is 19.2. The number of fused-ring (bicyclic) bond motifs is 1. The number of hydrogen-bond donors (Lipinski definition) is 3. The molecule has 1 aromatic rings. The molecule has 0 radical (unpaired) electrons. The highest BCUT2D eigenvalue weighted by atomic mass is 16.5. The van der Waals surface area contributed by atoms with Gasteiger partial charge >= 0.3 is 0 Å². The van der Waals surface area contributed by atoms with Crippen LogP contribution in [0.25, 0.3) is 0 Å². The SMILES string of the molecule is C/C=C\C(=C/C(C)CN1CC(=O)Nc2c(N)nc(NC(C)COC)nc21)CN1CCCC1. The van der Waals surface area contributed by atoms with Crippen LogP contribution in [-0.2, 0) is 9.53 Å². The van der Waals surface area contributed by atoms with Crippen molar-refractivity contribution in [1.82, 2.24) is 14.9 Å². The van der Waals surface area contributed by atoms with E-state index in [0.29, 0.717) is 30.6 Å². The van der Waals surface area contributed by atoms with E-state index in [2.05, 4.69) is 50.7 Å². The maximum Gasteiger partial charge on any atom is 0.244 e. The van der Waals surface area contributed by atoms with E-state index in [4.69, 9.17) is 10.5 Å². The van der Waals surface area contributed by atoms with Crippen LogP contribution < -0.4 is 21.3 Å². The summed E-state index contributed by atoms with van der Waals surface area (Å²) < 4.78 is 5.18. The van der Waals surface area contributed by atoms with E-state index in [0.717, 1.165) is 19.6 Å². The lowest BCUT2D eigenvalue weighted by Gasteiger charge is -2.32. The molecule has 0 saturated carbocycles. The number of nitrogens with zero attached hydrogens (tertiary/aromatic N) is 4. The van der Waals surface area contributed by atoms with Crippen molar-refractivity contribution in [2.45, 2.75) is 39.7 Å². The standard InChI is InChI=1S/C23H37N7O2/c1-5-8-18(13-29-9-6-7-10-29)11-16(2)12-30-14-19(31)26-20-21(24)27-23(28-22(20)30)25-17(3)15-32-4/h5,8,11,16-17H,6-7,9-10,12-15H2,1-4H3,(H,26,31)(H3,24,25,27,28)/b8-5-,18-11+. The van der Waals surface area contributed by atoms with Gasteiger partial charge < -0.3 is 26.0 Å². The number of allylic oxidation sites excluding steroid dienone is 1. The predicted octanol–water partition coefficient (Wildman–Crippen LogP) is 2.50. The number of nitrogen functional groups attached to an aromatic ring is 1. The van der Waals surface area contributed by atoms with E-state index >= 15 is 0 Å². The van der Waals surface area contributed by atoms with Crippen molar-refractivity contribution >= 4 is 29.2 Å². The second-order valence-corrected chi connectivity index (χ2v) is 8.76. The number of anilines is 4. The molecule has 3 rings (SSSR count). The summed E-state index contributed by atoms with van der Waals surface area (Å²) in [6.45, 7) is 10.9. The van der Waals surface area contributed by atoms with E-state index in [9.17, 15) is 4.79 Å². The Labute approximate surface area is 191 Å². The summed E-state index contributed by atoms with van der Waals surface area (Å²) in [6, 6.07) is 0.0277. The molecule has 9 nitrogen and oxygen atoms in total. The van der Waals surface area contributed by atoms with E-state index < -0.39 is 0 Å². The average molecular weight is 444 g/mol. The summed E-state index contributed by atoms with van der Waals surface area (Å²) >= 11 is 0. The lowest BCUT2D eigenvalue weighted by molar-refractivity contribution is -0.115. The molecule has 2 aliphatic heterocycles. The van der Waals surface area contributed by atoms with Crippen molar-refractivity contribution in [2.75, 3.05) is 67.7 Å². The van der Waals surface area contributed by atoms with E-state index in [1.165, 1.54) is 18.4 Å². The first kappa shape index (κ1) is 24.0. The number of methoxy groups -OCH3 is 1. The molecular formula is C23H37N7O2. The summed E-state index contributed by atoms with van der Waals surface area (Å²) in [6.07, 6.45) is 9.13. The number of ether oxygens (including phenoxy) is 1. The number of carbonyl (C=O) groups excluding carboxylic acids is 1. The maximum absolute atomic E-state index is 12.3. The molecule has 2 unspecified atom stereocenters. The van der Waals surface area contributed by atoms with Crippen LogP contribution in [0.1, 0.15) is 33.6 Å². The fourth-order valence-corrected chi connectivity index (χ4v) is 4.31. The van der Waals surface area contributed by atoms with Gasteiger partial charge in [0.1, 0.15) is 5.69 Å². The molecule has 0 aromatic carbocycles. The number of nitrogens with one attached hydrogen (secondary N) is 2. The Morgan fingerprint density at radius 1 is 1.31 bits per heavy atom. The minimum atomic E-state index is -0.108. The molecule has 1 aromatic heterocycles. The molecule has 2 aliphatic rings. The smallest absolute Gasteiger partial charge is 0.244 e. The first-order valence-electron chi connectivity index (χ1n) is 11.4. The zero-order valence-electron chi connectivity index (χ0n) is 19.7. The zero-order chi connectivity index (χ0) is 23.1. The molecular weight excluding hydrogens is 406 g/mol. The molecule has 0 spiro atoms. The van der Waals surface area contributed by atoms with Gasteiger partial charge in [-0.3, -0.25) is 9.69 Å². The second kappa shape index (κ2) is 11.3. The van der Waals surface area contributed by atoms with Crippen molar-refractivity contribution in [2.24, 2.45) is 5.92 Å².